The number of rotatable bonds is 7. The van der Waals surface area contributed by atoms with Gasteiger partial charge in [-0.15, -0.1) is 0 Å². The van der Waals surface area contributed by atoms with Crippen molar-refractivity contribution in [3.8, 4) is 45.4 Å². The average Bonchev–Trinajstić information content (AvgIpc) is 3.15. The number of aromatic nitrogens is 1. The lowest BCUT2D eigenvalue weighted by atomic mass is 9.99. The number of aryl methyl sites for hydroxylation is 1. The summed E-state index contributed by atoms with van der Waals surface area (Å²) >= 11 is 0. The van der Waals surface area contributed by atoms with Gasteiger partial charge < -0.3 is 23.3 Å². The molecule has 0 fully saturated rings. The van der Waals surface area contributed by atoms with Crippen LogP contribution in [0, 0.1) is 6.92 Å². The van der Waals surface area contributed by atoms with E-state index in [1.165, 1.54) is 25.5 Å². The maximum absolute atomic E-state index is 11.3. The van der Waals surface area contributed by atoms with Crippen molar-refractivity contribution >= 4 is 7.82 Å². The molecule has 0 aliphatic carbocycles. The van der Waals surface area contributed by atoms with E-state index >= 15 is 0 Å². The largest absolute Gasteiger partial charge is 0.524 e. The van der Waals surface area contributed by atoms with E-state index in [0.717, 1.165) is 11.1 Å². The number of benzene rings is 2. The third kappa shape index (κ3) is 4.37. The zero-order valence-corrected chi connectivity index (χ0v) is 17.1. The molecule has 1 heterocycles. The zero-order valence-electron chi connectivity index (χ0n) is 16.2. The minimum Gasteiger partial charge on any atom is -0.493 e. The monoisotopic (exact) mass is 421 g/mol. The van der Waals surface area contributed by atoms with Gasteiger partial charge in [0.15, 0.2) is 23.0 Å². The minimum absolute atomic E-state index is 0.103. The van der Waals surface area contributed by atoms with Crippen LogP contribution in [0.15, 0.2) is 41.1 Å². The fourth-order valence-electron chi connectivity index (χ4n) is 2.98. The van der Waals surface area contributed by atoms with Gasteiger partial charge in [-0.05, 0) is 42.3 Å². The van der Waals surface area contributed by atoms with Gasteiger partial charge in [-0.1, -0.05) is 11.2 Å². The molecule has 0 atom stereocenters. The zero-order chi connectivity index (χ0) is 21.2. The molecule has 9 nitrogen and oxygen atoms in total. The SMILES string of the molecule is COc1ccc(-c2conc2-c2cc(C)c(OC)c(OC)c2)cc1OP(=O)(O)O. The van der Waals surface area contributed by atoms with Crippen LogP contribution < -0.4 is 18.7 Å². The normalized spacial score (nSPS) is 11.2. The molecule has 0 saturated heterocycles. The number of nitrogens with zero attached hydrogens (tertiary/aromatic N) is 1. The van der Waals surface area contributed by atoms with E-state index in [1.807, 2.05) is 13.0 Å². The summed E-state index contributed by atoms with van der Waals surface area (Å²) in [6.45, 7) is 1.88. The number of phosphoric acid groups is 1. The predicted octanol–water partition coefficient (Wildman–Crippen LogP) is 3.81. The van der Waals surface area contributed by atoms with Crippen molar-refractivity contribution in [3.63, 3.8) is 0 Å². The van der Waals surface area contributed by atoms with Gasteiger partial charge in [0.1, 0.15) is 12.0 Å². The Labute approximate surface area is 167 Å². The third-order valence-electron chi connectivity index (χ3n) is 4.20. The summed E-state index contributed by atoms with van der Waals surface area (Å²) < 4.78 is 37.1. The second-order valence-electron chi connectivity index (χ2n) is 6.05. The first-order valence-electron chi connectivity index (χ1n) is 8.38. The Morgan fingerprint density at radius 3 is 2.24 bits per heavy atom. The Morgan fingerprint density at radius 2 is 1.62 bits per heavy atom. The highest BCUT2D eigenvalue weighted by Crippen LogP contribution is 2.45. The van der Waals surface area contributed by atoms with Crippen molar-refractivity contribution in [2.24, 2.45) is 0 Å². The van der Waals surface area contributed by atoms with E-state index in [-0.39, 0.29) is 11.5 Å². The fraction of sp³-hybridized carbons (Fsp3) is 0.211. The highest BCUT2D eigenvalue weighted by molar-refractivity contribution is 7.46. The van der Waals surface area contributed by atoms with Gasteiger partial charge in [-0.3, -0.25) is 9.79 Å². The van der Waals surface area contributed by atoms with Crippen molar-refractivity contribution in [3.05, 3.63) is 42.2 Å². The Kier molecular flexibility index (Phi) is 5.83. The van der Waals surface area contributed by atoms with Gasteiger partial charge in [-0.2, -0.15) is 0 Å². The van der Waals surface area contributed by atoms with Gasteiger partial charge in [0.05, 0.1) is 21.3 Å². The first kappa shape index (κ1) is 20.7. The Bertz CT molecular complexity index is 1070. The third-order valence-corrected chi connectivity index (χ3v) is 4.63. The lowest BCUT2D eigenvalue weighted by Gasteiger charge is -2.14. The summed E-state index contributed by atoms with van der Waals surface area (Å²) in [6, 6.07) is 8.33. The molecule has 2 aromatic carbocycles. The summed E-state index contributed by atoms with van der Waals surface area (Å²) in [4.78, 5) is 18.3. The van der Waals surface area contributed by atoms with Crippen LogP contribution in [-0.2, 0) is 4.57 Å². The molecular formula is C19H20NO8P. The van der Waals surface area contributed by atoms with Crippen LogP contribution in [-0.4, -0.2) is 36.3 Å². The fourth-order valence-corrected chi connectivity index (χ4v) is 3.38. The van der Waals surface area contributed by atoms with Crippen LogP contribution >= 0.6 is 7.82 Å². The molecule has 0 amide bonds. The quantitative estimate of drug-likeness (QED) is 0.549. The smallest absolute Gasteiger partial charge is 0.493 e. The molecule has 2 N–H and O–H groups in total. The van der Waals surface area contributed by atoms with Crippen LogP contribution in [0.5, 0.6) is 23.0 Å². The Balaban J connectivity index is 2.11. The van der Waals surface area contributed by atoms with Gasteiger partial charge in [0.25, 0.3) is 0 Å². The predicted molar refractivity (Wildman–Crippen MR) is 104 cm³/mol. The Hall–Kier alpha value is -3.00. The van der Waals surface area contributed by atoms with Gasteiger partial charge >= 0.3 is 7.82 Å². The first-order chi connectivity index (χ1) is 13.8. The molecule has 0 aliphatic heterocycles. The van der Waals surface area contributed by atoms with Crippen molar-refractivity contribution < 1.29 is 37.6 Å². The molecule has 0 aliphatic rings. The average molecular weight is 421 g/mol. The van der Waals surface area contributed by atoms with Crippen LogP contribution in [0.4, 0.5) is 0 Å². The molecule has 0 saturated carbocycles. The van der Waals surface area contributed by atoms with E-state index in [9.17, 15) is 4.57 Å². The van der Waals surface area contributed by atoms with Crippen molar-refractivity contribution in [2.45, 2.75) is 6.92 Å². The summed E-state index contributed by atoms with van der Waals surface area (Å²) in [6.07, 6.45) is 1.43. The molecule has 10 heteroatoms. The van der Waals surface area contributed by atoms with E-state index in [2.05, 4.69) is 5.16 Å². The summed E-state index contributed by atoms with van der Waals surface area (Å²) in [5.41, 5.74) is 3.24. The maximum atomic E-state index is 11.3. The Morgan fingerprint density at radius 1 is 0.931 bits per heavy atom. The lowest BCUT2D eigenvalue weighted by molar-refractivity contribution is 0.276. The van der Waals surface area contributed by atoms with Gasteiger partial charge in [0.2, 0.25) is 0 Å². The number of phosphoric ester groups is 1. The molecule has 0 spiro atoms. The minimum atomic E-state index is -4.77. The standard InChI is InChI=1S/C19H20NO8P/c1-11-7-13(9-17(25-3)19(11)26-4)18-14(10-27-20-18)12-5-6-15(24-2)16(8-12)28-29(21,22)23/h5-10H,1-4H3,(H2,21,22,23). The number of ether oxygens (including phenoxy) is 3. The van der Waals surface area contributed by atoms with E-state index in [1.54, 1.807) is 26.4 Å². The molecule has 3 aromatic rings. The van der Waals surface area contributed by atoms with E-state index < -0.39 is 7.82 Å². The van der Waals surface area contributed by atoms with Gasteiger partial charge in [-0.25, -0.2) is 4.57 Å². The van der Waals surface area contributed by atoms with Crippen LogP contribution in [0.2, 0.25) is 0 Å². The molecule has 29 heavy (non-hydrogen) atoms. The van der Waals surface area contributed by atoms with Crippen molar-refractivity contribution in [2.75, 3.05) is 21.3 Å². The van der Waals surface area contributed by atoms with E-state index in [0.29, 0.717) is 28.3 Å². The summed E-state index contributed by atoms with van der Waals surface area (Å²) in [7, 11) is -0.293. The second kappa shape index (κ2) is 8.16. The second-order valence-corrected chi connectivity index (χ2v) is 7.22. The topological polar surface area (TPSA) is 120 Å². The summed E-state index contributed by atoms with van der Waals surface area (Å²) in [5, 5.41) is 4.08. The molecule has 3 rings (SSSR count). The highest BCUT2D eigenvalue weighted by atomic mass is 31.2. The number of hydrogen-bond acceptors (Lipinski definition) is 7. The van der Waals surface area contributed by atoms with Crippen molar-refractivity contribution in [1.82, 2.24) is 5.16 Å². The maximum Gasteiger partial charge on any atom is 0.524 e. The first-order valence-corrected chi connectivity index (χ1v) is 9.91. The number of hydrogen-bond donors (Lipinski definition) is 2. The highest BCUT2D eigenvalue weighted by Gasteiger charge is 2.22. The van der Waals surface area contributed by atoms with E-state index in [4.69, 9.17) is 33.0 Å². The molecule has 0 bridgehead atoms. The van der Waals surface area contributed by atoms with Crippen LogP contribution in [0.3, 0.4) is 0 Å². The molecular weight excluding hydrogens is 401 g/mol. The summed E-state index contributed by atoms with van der Waals surface area (Å²) in [5.74, 6) is 1.23. The van der Waals surface area contributed by atoms with Crippen LogP contribution in [0.25, 0.3) is 22.4 Å². The van der Waals surface area contributed by atoms with Crippen LogP contribution in [0.1, 0.15) is 5.56 Å². The molecule has 0 radical (unpaired) electrons. The lowest BCUT2D eigenvalue weighted by Crippen LogP contribution is -1.96. The molecule has 0 unspecified atom stereocenters. The number of methoxy groups -OCH3 is 3. The van der Waals surface area contributed by atoms with Gasteiger partial charge in [0, 0.05) is 11.1 Å². The molecule has 154 valence electrons. The van der Waals surface area contributed by atoms with Crippen molar-refractivity contribution in [1.29, 1.82) is 0 Å². The molecule has 1 aromatic heterocycles.